The van der Waals surface area contributed by atoms with Gasteiger partial charge in [0.25, 0.3) is 5.91 Å². The second kappa shape index (κ2) is 8.88. The van der Waals surface area contributed by atoms with Crippen LogP contribution in [0, 0.1) is 0 Å². The number of hydrogen-bond acceptors (Lipinski definition) is 5. The van der Waals surface area contributed by atoms with E-state index in [-0.39, 0.29) is 5.91 Å². The minimum atomic E-state index is -0.239. The number of methoxy groups -OCH3 is 1. The van der Waals surface area contributed by atoms with Crippen LogP contribution in [0.15, 0.2) is 42.6 Å². The Bertz CT molecular complexity index is 656. The average molecular weight is 328 g/mol. The number of carbonyl (C=O) groups excluding carboxylic acids is 1. The molecule has 0 radical (unpaired) electrons. The van der Waals surface area contributed by atoms with Crippen LogP contribution in [0.3, 0.4) is 0 Å². The van der Waals surface area contributed by atoms with Crippen LogP contribution < -0.4 is 15.4 Å². The number of benzene rings is 1. The fraction of sp³-hybridized carbons (Fsp3) is 0.333. The van der Waals surface area contributed by atoms with Crippen molar-refractivity contribution in [3.63, 3.8) is 0 Å². The highest BCUT2D eigenvalue weighted by Gasteiger charge is 2.08. The highest BCUT2D eigenvalue weighted by molar-refractivity contribution is 6.03. The Labute approximate surface area is 142 Å². The van der Waals surface area contributed by atoms with E-state index in [2.05, 4.69) is 20.5 Å². The number of carbonyl (C=O) groups is 1. The van der Waals surface area contributed by atoms with E-state index in [9.17, 15) is 4.79 Å². The molecule has 24 heavy (non-hydrogen) atoms. The zero-order valence-corrected chi connectivity index (χ0v) is 14.4. The molecule has 2 N–H and O–H groups in total. The van der Waals surface area contributed by atoms with Gasteiger partial charge in [-0.3, -0.25) is 9.78 Å². The Morgan fingerprint density at radius 3 is 2.58 bits per heavy atom. The number of pyridine rings is 1. The first kappa shape index (κ1) is 17.7. The van der Waals surface area contributed by atoms with Crippen molar-refractivity contribution in [1.82, 2.24) is 9.88 Å². The molecule has 0 aliphatic carbocycles. The van der Waals surface area contributed by atoms with E-state index in [0.29, 0.717) is 11.4 Å². The van der Waals surface area contributed by atoms with Crippen molar-refractivity contribution < 1.29 is 9.53 Å². The maximum absolute atomic E-state index is 12.3. The van der Waals surface area contributed by atoms with Gasteiger partial charge in [-0.2, -0.15) is 0 Å². The third-order valence-corrected chi connectivity index (χ3v) is 3.45. The predicted octanol–water partition coefficient (Wildman–Crippen LogP) is 2.71. The summed E-state index contributed by atoms with van der Waals surface area (Å²) in [5, 5.41) is 6.14. The van der Waals surface area contributed by atoms with E-state index in [1.807, 2.05) is 20.2 Å². The summed E-state index contributed by atoms with van der Waals surface area (Å²) in [5.74, 6) is 0.507. The third-order valence-electron chi connectivity index (χ3n) is 3.45. The molecule has 0 aliphatic heterocycles. The summed E-state index contributed by atoms with van der Waals surface area (Å²) in [5.41, 5.74) is 1.97. The van der Waals surface area contributed by atoms with Gasteiger partial charge in [0.1, 0.15) is 11.4 Å². The number of rotatable bonds is 8. The normalized spacial score (nSPS) is 10.5. The summed E-state index contributed by atoms with van der Waals surface area (Å²) in [7, 11) is 5.71. The zero-order chi connectivity index (χ0) is 17.4. The standard InChI is InChI=1S/C18H24N4O2/c1-22(2)12-4-10-19-15-9-11-20-17(13-15)18(23)21-14-5-7-16(24-3)8-6-14/h5-9,11,13H,4,10,12H2,1-3H3,(H,19,20)(H,21,23). The lowest BCUT2D eigenvalue weighted by atomic mass is 10.2. The van der Waals surface area contributed by atoms with E-state index < -0.39 is 0 Å². The topological polar surface area (TPSA) is 66.5 Å². The van der Waals surface area contributed by atoms with Crippen molar-refractivity contribution >= 4 is 17.3 Å². The minimum Gasteiger partial charge on any atom is -0.497 e. The second-order valence-electron chi connectivity index (χ2n) is 5.70. The van der Waals surface area contributed by atoms with Gasteiger partial charge in [0.05, 0.1) is 7.11 Å². The van der Waals surface area contributed by atoms with Crippen LogP contribution in [0.4, 0.5) is 11.4 Å². The van der Waals surface area contributed by atoms with Crippen LogP contribution >= 0.6 is 0 Å². The number of hydrogen-bond donors (Lipinski definition) is 2. The molecule has 6 nitrogen and oxygen atoms in total. The fourth-order valence-electron chi connectivity index (χ4n) is 2.16. The molecule has 0 saturated heterocycles. The smallest absolute Gasteiger partial charge is 0.274 e. The Hall–Kier alpha value is -2.60. The highest BCUT2D eigenvalue weighted by atomic mass is 16.5. The van der Waals surface area contributed by atoms with Crippen molar-refractivity contribution in [2.24, 2.45) is 0 Å². The molecule has 1 aromatic carbocycles. The van der Waals surface area contributed by atoms with Crippen molar-refractivity contribution in [2.45, 2.75) is 6.42 Å². The van der Waals surface area contributed by atoms with E-state index >= 15 is 0 Å². The minimum absolute atomic E-state index is 0.239. The summed E-state index contributed by atoms with van der Waals surface area (Å²) in [6, 6.07) is 10.8. The average Bonchev–Trinajstić information content (AvgIpc) is 2.59. The zero-order valence-electron chi connectivity index (χ0n) is 14.4. The Morgan fingerprint density at radius 2 is 1.92 bits per heavy atom. The molecule has 0 unspecified atom stereocenters. The molecular formula is C18H24N4O2. The van der Waals surface area contributed by atoms with Gasteiger partial charge in [-0.15, -0.1) is 0 Å². The van der Waals surface area contributed by atoms with E-state index in [4.69, 9.17) is 4.74 Å². The van der Waals surface area contributed by atoms with Crippen LogP contribution in [-0.4, -0.2) is 50.1 Å². The van der Waals surface area contributed by atoms with Gasteiger partial charge >= 0.3 is 0 Å². The van der Waals surface area contributed by atoms with Gasteiger partial charge < -0.3 is 20.3 Å². The third kappa shape index (κ3) is 5.55. The van der Waals surface area contributed by atoms with Gasteiger partial charge in [0.15, 0.2) is 0 Å². The molecule has 0 saturated carbocycles. The highest BCUT2D eigenvalue weighted by Crippen LogP contribution is 2.16. The Morgan fingerprint density at radius 1 is 1.17 bits per heavy atom. The quantitative estimate of drug-likeness (QED) is 0.729. The lowest BCUT2D eigenvalue weighted by molar-refractivity contribution is 0.102. The molecule has 1 aromatic heterocycles. The van der Waals surface area contributed by atoms with Crippen molar-refractivity contribution in [2.75, 3.05) is 44.9 Å². The van der Waals surface area contributed by atoms with Gasteiger partial charge in [0.2, 0.25) is 0 Å². The van der Waals surface area contributed by atoms with E-state index in [0.717, 1.165) is 30.9 Å². The van der Waals surface area contributed by atoms with Gasteiger partial charge in [-0.25, -0.2) is 0 Å². The van der Waals surface area contributed by atoms with E-state index in [1.165, 1.54) is 0 Å². The molecule has 0 aliphatic rings. The molecule has 1 amide bonds. The van der Waals surface area contributed by atoms with Gasteiger partial charge in [-0.05, 0) is 63.5 Å². The fourth-order valence-corrected chi connectivity index (χ4v) is 2.16. The van der Waals surface area contributed by atoms with Gasteiger partial charge in [0, 0.05) is 24.1 Å². The van der Waals surface area contributed by atoms with Crippen LogP contribution in [-0.2, 0) is 0 Å². The SMILES string of the molecule is COc1ccc(NC(=O)c2cc(NCCCN(C)C)ccn2)cc1. The molecular weight excluding hydrogens is 304 g/mol. The summed E-state index contributed by atoms with van der Waals surface area (Å²) >= 11 is 0. The second-order valence-corrected chi connectivity index (χ2v) is 5.70. The molecule has 6 heteroatoms. The number of nitrogens with zero attached hydrogens (tertiary/aromatic N) is 2. The molecule has 0 atom stereocenters. The number of nitrogens with one attached hydrogen (secondary N) is 2. The lowest BCUT2D eigenvalue weighted by Gasteiger charge is -2.11. The largest absolute Gasteiger partial charge is 0.497 e. The summed E-state index contributed by atoms with van der Waals surface area (Å²) < 4.78 is 5.10. The van der Waals surface area contributed by atoms with Gasteiger partial charge in [-0.1, -0.05) is 0 Å². The monoisotopic (exact) mass is 328 g/mol. The number of amides is 1. The number of anilines is 2. The molecule has 2 rings (SSSR count). The Balaban J connectivity index is 1.92. The maximum atomic E-state index is 12.3. The first-order chi connectivity index (χ1) is 11.6. The van der Waals surface area contributed by atoms with Crippen LogP contribution in [0.25, 0.3) is 0 Å². The summed E-state index contributed by atoms with van der Waals surface area (Å²) in [6.45, 7) is 1.87. The molecule has 0 fully saturated rings. The predicted molar refractivity (Wildman–Crippen MR) is 96.8 cm³/mol. The molecule has 0 bridgehead atoms. The van der Waals surface area contributed by atoms with E-state index in [1.54, 1.807) is 43.6 Å². The molecule has 0 spiro atoms. The number of aromatic nitrogens is 1. The van der Waals surface area contributed by atoms with Crippen molar-refractivity contribution in [3.05, 3.63) is 48.3 Å². The molecule has 128 valence electrons. The number of ether oxygens (including phenoxy) is 1. The molecule has 1 heterocycles. The molecule has 2 aromatic rings. The van der Waals surface area contributed by atoms with Crippen molar-refractivity contribution in [1.29, 1.82) is 0 Å². The first-order valence-electron chi connectivity index (χ1n) is 7.88. The van der Waals surface area contributed by atoms with Crippen LogP contribution in [0.5, 0.6) is 5.75 Å². The lowest BCUT2D eigenvalue weighted by Crippen LogP contribution is -2.17. The van der Waals surface area contributed by atoms with Crippen LogP contribution in [0.2, 0.25) is 0 Å². The van der Waals surface area contributed by atoms with Crippen LogP contribution in [0.1, 0.15) is 16.9 Å². The maximum Gasteiger partial charge on any atom is 0.274 e. The summed E-state index contributed by atoms with van der Waals surface area (Å²) in [4.78, 5) is 18.6. The summed E-state index contributed by atoms with van der Waals surface area (Å²) in [6.07, 6.45) is 2.67. The first-order valence-corrected chi connectivity index (χ1v) is 7.88. The Kier molecular flexibility index (Phi) is 6.57. The van der Waals surface area contributed by atoms with Crippen molar-refractivity contribution in [3.8, 4) is 5.75 Å².